The van der Waals surface area contributed by atoms with Crippen molar-refractivity contribution in [2.75, 3.05) is 7.11 Å². The molecule has 0 N–H and O–H groups in total. The monoisotopic (exact) mass is 217 g/mol. The summed E-state index contributed by atoms with van der Waals surface area (Å²) in [5, 5.41) is 3.81. The zero-order chi connectivity index (χ0) is 11.5. The largest absolute Gasteiger partial charge is 0.463 e. The Morgan fingerprint density at radius 2 is 2.00 bits per heavy atom. The fourth-order valence-corrected chi connectivity index (χ4v) is 1.33. The molecule has 4 nitrogen and oxygen atoms in total. The summed E-state index contributed by atoms with van der Waals surface area (Å²) < 4.78 is 9.41. The van der Waals surface area contributed by atoms with Crippen molar-refractivity contribution >= 4 is 5.97 Å². The van der Waals surface area contributed by atoms with Crippen LogP contribution in [0.3, 0.4) is 0 Å². The molecular weight excluding hydrogens is 206 g/mol. The van der Waals surface area contributed by atoms with E-state index in [2.05, 4.69) is 9.89 Å². The van der Waals surface area contributed by atoms with Gasteiger partial charge in [0, 0.05) is 11.6 Å². The third kappa shape index (κ3) is 1.95. The lowest BCUT2D eigenvalue weighted by Crippen LogP contribution is -1.98. The van der Waals surface area contributed by atoms with Gasteiger partial charge in [0.05, 0.1) is 7.11 Å². The van der Waals surface area contributed by atoms with Gasteiger partial charge < -0.3 is 9.26 Å². The summed E-state index contributed by atoms with van der Waals surface area (Å²) in [6, 6.07) is 9.36. The summed E-state index contributed by atoms with van der Waals surface area (Å²) in [4.78, 5) is 11.2. The van der Waals surface area contributed by atoms with Crippen molar-refractivity contribution in [3.05, 3.63) is 41.7 Å². The van der Waals surface area contributed by atoms with E-state index in [-0.39, 0.29) is 5.76 Å². The van der Waals surface area contributed by atoms with Crippen molar-refractivity contribution in [3.63, 3.8) is 0 Å². The van der Waals surface area contributed by atoms with Crippen molar-refractivity contribution in [2.24, 2.45) is 0 Å². The Labute approximate surface area is 92.8 Å². The highest BCUT2D eigenvalue weighted by molar-refractivity contribution is 5.87. The molecule has 0 saturated heterocycles. The van der Waals surface area contributed by atoms with Gasteiger partial charge in [-0.15, -0.1) is 0 Å². The van der Waals surface area contributed by atoms with Crippen LogP contribution in [-0.2, 0) is 4.74 Å². The van der Waals surface area contributed by atoms with Crippen molar-refractivity contribution in [2.45, 2.75) is 6.92 Å². The molecule has 0 fully saturated rings. The number of nitrogens with zero attached hydrogens (tertiary/aromatic N) is 1. The number of aromatic nitrogens is 1. The van der Waals surface area contributed by atoms with Gasteiger partial charge in [-0.1, -0.05) is 35.0 Å². The third-order valence-electron chi connectivity index (χ3n) is 2.24. The Morgan fingerprint density at radius 1 is 1.31 bits per heavy atom. The Bertz CT molecular complexity index is 499. The summed E-state index contributed by atoms with van der Waals surface area (Å²) in [5.74, 6) is -0.413. The number of ether oxygens (including phenoxy) is 1. The number of methoxy groups -OCH3 is 1. The first-order valence-electron chi connectivity index (χ1n) is 4.83. The van der Waals surface area contributed by atoms with E-state index >= 15 is 0 Å². The molecule has 0 aliphatic carbocycles. The van der Waals surface area contributed by atoms with Crippen LogP contribution in [0.15, 0.2) is 34.9 Å². The van der Waals surface area contributed by atoms with E-state index in [4.69, 9.17) is 4.52 Å². The molecule has 0 aliphatic heterocycles. The molecule has 16 heavy (non-hydrogen) atoms. The van der Waals surface area contributed by atoms with E-state index in [0.717, 1.165) is 5.56 Å². The van der Waals surface area contributed by atoms with Crippen molar-refractivity contribution in [3.8, 4) is 11.3 Å². The van der Waals surface area contributed by atoms with Crippen LogP contribution < -0.4 is 0 Å². The molecule has 0 bridgehead atoms. The first-order chi connectivity index (χ1) is 7.70. The fourth-order valence-electron chi connectivity index (χ4n) is 1.33. The van der Waals surface area contributed by atoms with Gasteiger partial charge in [-0.05, 0) is 6.92 Å². The Hall–Kier alpha value is -2.10. The third-order valence-corrected chi connectivity index (χ3v) is 2.24. The van der Waals surface area contributed by atoms with Gasteiger partial charge in [-0.25, -0.2) is 4.79 Å². The summed E-state index contributed by atoms with van der Waals surface area (Å²) in [5.41, 5.74) is 2.70. The predicted octanol–water partition coefficient (Wildman–Crippen LogP) is 2.44. The van der Waals surface area contributed by atoms with Gasteiger partial charge in [-0.2, -0.15) is 0 Å². The fraction of sp³-hybridized carbons (Fsp3) is 0.167. The van der Waals surface area contributed by atoms with Gasteiger partial charge in [0.25, 0.3) is 0 Å². The molecule has 0 radical (unpaired) electrons. The van der Waals surface area contributed by atoms with Crippen molar-refractivity contribution in [1.82, 2.24) is 5.16 Å². The summed E-state index contributed by atoms with van der Waals surface area (Å²) >= 11 is 0. The van der Waals surface area contributed by atoms with Crippen LogP contribution in [-0.4, -0.2) is 18.2 Å². The summed E-state index contributed by atoms with van der Waals surface area (Å²) in [6.07, 6.45) is 0. The molecule has 0 atom stereocenters. The number of carbonyl (C=O) groups is 1. The Kier molecular flexibility index (Phi) is 2.72. The zero-order valence-corrected chi connectivity index (χ0v) is 9.06. The van der Waals surface area contributed by atoms with Crippen LogP contribution in [0, 0.1) is 6.92 Å². The number of esters is 1. The number of benzene rings is 1. The normalized spacial score (nSPS) is 10.1. The van der Waals surface area contributed by atoms with Crippen LogP contribution in [0.2, 0.25) is 0 Å². The summed E-state index contributed by atoms with van der Waals surface area (Å²) in [6.45, 7) is 2.01. The standard InChI is InChI=1S/C12H11NO3/c1-8-3-5-9(6-4-8)10-7-11(16-13-10)12(14)15-2/h3-7H,1-2H3. The van der Waals surface area contributed by atoms with Gasteiger partial charge >= 0.3 is 5.97 Å². The summed E-state index contributed by atoms with van der Waals surface area (Å²) in [7, 11) is 1.30. The quantitative estimate of drug-likeness (QED) is 0.725. The molecule has 82 valence electrons. The Morgan fingerprint density at radius 3 is 2.62 bits per heavy atom. The van der Waals surface area contributed by atoms with Crippen LogP contribution in [0.1, 0.15) is 16.1 Å². The molecule has 2 rings (SSSR count). The van der Waals surface area contributed by atoms with E-state index in [1.165, 1.54) is 12.7 Å². The van der Waals surface area contributed by atoms with E-state index in [9.17, 15) is 4.79 Å². The highest BCUT2D eigenvalue weighted by Crippen LogP contribution is 2.19. The van der Waals surface area contributed by atoms with Crippen LogP contribution >= 0.6 is 0 Å². The molecule has 0 saturated carbocycles. The second-order valence-corrected chi connectivity index (χ2v) is 3.43. The average molecular weight is 217 g/mol. The number of aryl methyl sites for hydroxylation is 1. The molecular formula is C12H11NO3. The van der Waals surface area contributed by atoms with E-state index in [1.807, 2.05) is 31.2 Å². The lowest BCUT2D eigenvalue weighted by molar-refractivity contribution is 0.0554. The predicted molar refractivity (Wildman–Crippen MR) is 58.0 cm³/mol. The number of hydrogen-bond acceptors (Lipinski definition) is 4. The van der Waals surface area contributed by atoms with Gasteiger partial charge in [0.1, 0.15) is 5.69 Å². The molecule has 2 aromatic rings. The van der Waals surface area contributed by atoms with Crippen LogP contribution in [0.5, 0.6) is 0 Å². The topological polar surface area (TPSA) is 52.3 Å². The van der Waals surface area contributed by atoms with Crippen LogP contribution in [0.4, 0.5) is 0 Å². The minimum absolute atomic E-state index is 0.109. The molecule has 4 heteroatoms. The molecule has 0 spiro atoms. The zero-order valence-electron chi connectivity index (χ0n) is 9.06. The minimum Gasteiger partial charge on any atom is -0.463 e. The SMILES string of the molecule is COC(=O)c1cc(-c2ccc(C)cc2)no1. The van der Waals surface area contributed by atoms with Crippen molar-refractivity contribution in [1.29, 1.82) is 0 Å². The second kappa shape index (κ2) is 4.18. The van der Waals surface area contributed by atoms with Gasteiger partial charge in [0.15, 0.2) is 0 Å². The first kappa shape index (κ1) is 10.4. The van der Waals surface area contributed by atoms with E-state index in [0.29, 0.717) is 5.69 Å². The lowest BCUT2D eigenvalue weighted by Gasteiger charge is -1.95. The van der Waals surface area contributed by atoms with Crippen LogP contribution in [0.25, 0.3) is 11.3 Å². The molecule has 0 amide bonds. The lowest BCUT2D eigenvalue weighted by atomic mass is 10.1. The number of carbonyl (C=O) groups excluding carboxylic acids is 1. The maximum Gasteiger partial charge on any atom is 0.376 e. The van der Waals surface area contributed by atoms with E-state index in [1.54, 1.807) is 6.07 Å². The second-order valence-electron chi connectivity index (χ2n) is 3.43. The highest BCUT2D eigenvalue weighted by Gasteiger charge is 2.13. The average Bonchev–Trinajstić information content (AvgIpc) is 2.78. The molecule has 0 unspecified atom stereocenters. The number of hydrogen-bond donors (Lipinski definition) is 0. The Balaban J connectivity index is 2.31. The van der Waals surface area contributed by atoms with Crippen molar-refractivity contribution < 1.29 is 14.1 Å². The molecule has 0 aliphatic rings. The first-order valence-corrected chi connectivity index (χ1v) is 4.83. The maximum absolute atomic E-state index is 11.2. The smallest absolute Gasteiger partial charge is 0.376 e. The molecule has 1 heterocycles. The number of rotatable bonds is 2. The highest BCUT2D eigenvalue weighted by atomic mass is 16.5. The molecule has 1 aromatic carbocycles. The molecule has 1 aromatic heterocycles. The van der Waals surface area contributed by atoms with E-state index < -0.39 is 5.97 Å². The van der Waals surface area contributed by atoms with Gasteiger partial charge in [0.2, 0.25) is 5.76 Å². The van der Waals surface area contributed by atoms with Gasteiger partial charge in [-0.3, -0.25) is 0 Å². The minimum atomic E-state index is -0.522. The maximum atomic E-state index is 11.2.